The number of rotatable bonds is 4. The van der Waals surface area contributed by atoms with E-state index in [0.29, 0.717) is 8.64 Å². The molecule has 0 aromatic heterocycles. The van der Waals surface area contributed by atoms with Crippen LogP contribution in [0.5, 0.6) is 0 Å². The zero-order chi connectivity index (χ0) is 19.1. The van der Waals surface area contributed by atoms with E-state index in [2.05, 4.69) is 91.1 Å². The van der Waals surface area contributed by atoms with E-state index in [1.165, 1.54) is 11.1 Å². The van der Waals surface area contributed by atoms with Crippen LogP contribution in [-0.4, -0.2) is 44.6 Å². The van der Waals surface area contributed by atoms with Gasteiger partial charge in [-0.3, -0.25) is 0 Å². The maximum absolute atomic E-state index is 4.81. The standard InChI is InChI=1S/C8H10.2C5H11NS2/c1-7-3-5-8(2)6-4-7;2*1-3-6(4-2)5(7)8/h3-6H,1-2H3;2*3-4H2,1-2H3,(H,7,8). The van der Waals surface area contributed by atoms with Crippen LogP contribution in [0.15, 0.2) is 24.3 Å². The normalized spacial score (nSPS) is 9.00. The molecule has 0 aliphatic carbocycles. The Bertz CT molecular complexity index is 410. The third kappa shape index (κ3) is 14.1. The number of thiocarbonyl (C=S) groups is 2. The fourth-order valence-corrected chi connectivity index (χ4v) is 2.71. The Labute approximate surface area is 170 Å². The Morgan fingerprint density at radius 1 is 0.708 bits per heavy atom. The summed E-state index contributed by atoms with van der Waals surface area (Å²) in [4.78, 5) is 4.02. The summed E-state index contributed by atoms with van der Waals surface area (Å²) >= 11 is 17.6. The van der Waals surface area contributed by atoms with Crippen LogP contribution in [0, 0.1) is 13.8 Å². The highest BCUT2D eigenvalue weighted by Gasteiger charge is 1.96. The summed E-state index contributed by atoms with van der Waals surface area (Å²) in [6, 6.07) is 8.48. The molecule has 0 spiro atoms. The Kier molecular flexibility index (Phi) is 17.5. The number of hydrogen-bond donors (Lipinski definition) is 2. The quantitative estimate of drug-likeness (QED) is 0.513. The number of benzene rings is 1. The van der Waals surface area contributed by atoms with Crippen LogP contribution < -0.4 is 0 Å². The predicted molar refractivity (Wildman–Crippen MR) is 125 cm³/mol. The lowest BCUT2D eigenvalue weighted by Gasteiger charge is -2.16. The lowest BCUT2D eigenvalue weighted by atomic mass is 10.2. The summed E-state index contributed by atoms with van der Waals surface area (Å²) in [5, 5.41) is 0. The van der Waals surface area contributed by atoms with Crippen molar-refractivity contribution in [3.05, 3.63) is 35.4 Å². The van der Waals surface area contributed by atoms with E-state index in [9.17, 15) is 0 Å². The minimum Gasteiger partial charge on any atom is -0.358 e. The Morgan fingerprint density at radius 3 is 1.00 bits per heavy atom. The van der Waals surface area contributed by atoms with E-state index in [4.69, 9.17) is 24.4 Å². The van der Waals surface area contributed by atoms with Gasteiger partial charge >= 0.3 is 0 Å². The third-order valence-electron chi connectivity index (χ3n) is 3.29. The van der Waals surface area contributed by atoms with Crippen molar-refractivity contribution in [2.24, 2.45) is 0 Å². The number of thiol groups is 2. The minimum atomic E-state index is 0.690. The molecule has 0 unspecified atom stereocenters. The van der Waals surface area contributed by atoms with Gasteiger partial charge in [-0.2, -0.15) is 0 Å². The Hall–Kier alpha value is -0.300. The molecule has 0 amide bonds. The van der Waals surface area contributed by atoms with Crippen LogP contribution in [-0.2, 0) is 0 Å². The topological polar surface area (TPSA) is 6.48 Å². The summed E-state index contributed by atoms with van der Waals surface area (Å²) in [5.41, 5.74) is 2.66. The average molecular weight is 405 g/mol. The largest absolute Gasteiger partial charge is 0.358 e. The van der Waals surface area contributed by atoms with Gasteiger partial charge in [-0.15, -0.1) is 25.3 Å². The molecule has 0 atom stereocenters. The zero-order valence-electron chi connectivity index (χ0n) is 15.7. The molecule has 24 heavy (non-hydrogen) atoms. The molecule has 0 aliphatic rings. The molecule has 0 N–H and O–H groups in total. The van der Waals surface area contributed by atoms with Gasteiger partial charge < -0.3 is 9.80 Å². The molecule has 0 saturated carbocycles. The highest BCUT2D eigenvalue weighted by atomic mass is 32.1. The Morgan fingerprint density at radius 2 is 0.917 bits per heavy atom. The van der Waals surface area contributed by atoms with Crippen molar-refractivity contribution in [3.8, 4) is 0 Å². The molecule has 1 aromatic carbocycles. The molecule has 0 aliphatic heterocycles. The van der Waals surface area contributed by atoms with Crippen molar-refractivity contribution in [2.75, 3.05) is 26.2 Å². The van der Waals surface area contributed by atoms with Gasteiger partial charge in [0.2, 0.25) is 0 Å². The van der Waals surface area contributed by atoms with Crippen LogP contribution in [0.2, 0.25) is 0 Å². The number of aryl methyl sites for hydroxylation is 2. The molecule has 0 bridgehead atoms. The molecule has 0 fully saturated rings. The van der Waals surface area contributed by atoms with Crippen molar-refractivity contribution in [3.63, 3.8) is 0 Å². The van der Waals surface area contributed by atoms with E-state index in [-0.39, 0.29) is 0 Å². The second-order valence-electron chi connectivity index (χ2n) is 5.06. The second-order valence-corrected chi connectivity index (χ2v) is 7.29. The van der Waals surface area contributed by atoms with Crippen LogP contribution in [0.3, 0.4) is 0 Å². The lowest BCUT2D eigenvalue weighted by Crippen LogP contribution is -2.24. The van der Waals surface area contributed by atoms with E-state index >= 15 is 0 Å². The number of nitrogens with zero attached hydrogens (tertiary/aromatic N) is 2. The third-order valence-corrected chi connectivity index (χ3v) is 4.37. The summed E-state index contributed by atoms with van der Waals surface area (Å²) in [6.45, 7) is 16.3. The first-order valence-electron chi connectivity index (χ1n) is 8.22. The highest BCUT2D eigenvalue weighted by Crippen LogP contribution is 1.99. The molecule has 138 valence electrons. The van der Waals surface area contributed by atoms with Crippen molar-refractivity contribution in [1.82, 2.24) is 9.80 Å². The molecular weight excluding hydrogens is 372 g/mol. The summed E-state index contributed by atoms with van der Waals surface area (Å²) < 4.78 is 1.38. The fourth-order valence-electron chi connectivity index (χ4n) is 1.63. The lowest BCUT2D eigenvalue weighted by molar-refractivity contribution is 0.482. The maximum atomic E-state index is 4.81. The van der Waals surface area contributed by atoms with Crippen LogP contribution in [0.4, 0.5) is 0 Å². The average Bonchev–Trinajstić information content (AvgIpc) is 2.53. The smallest absolute Gasteiger partial charge is 0.133 e. The molecule has 6 heteroatoms. The molecule has 0 heterocycles. The molecular formula is C18H32N2S4. The van der Waals surface area contributed by atoms with Gasteiger partial charge in [-0.05, 0) is 41.5 Å². The summed E-state index contributed by atoms with van der Waals surface area (Å²) in [5.74, 6) is 0. The van der Waals surface area contributed by atoms with Gasteiger partial charge in [-0.25, -0.2) is 0 Å². The predicted octanol–water partition coefficient (Wildman–Crippen LogP) is 5.39. The fraction of sp³-hybridized carbons (Fsp3) is 0.556. The SMILES string of the molecule is CCN(CC)C(=S)S.CCN(CC)C(=S)S.Cc1ccc(C)cc1. The van der Waals surface area contributed by atoms with Crippen molar-refractivity contribution in [1.29, 1.82) is 0 Å². The van der Waals surface area contributed by atoms with E-state index < -0.39 is 0 Å². The first kappa shape index (κ1) is 25.9. The first-order chi connectivity index (χ1) is 11.2. The maximum Gasteiger partial charge on any atom is 0.133 e. The van der Waals surface area contributed by atoms with E-state index in [1.807, 2.05) is 9.80 Å². The molecule has 0 saturated heterocycles. The van der Waals surface area contributed by atoms with E-state index in [0.717, 1.165) is 26.2 Å². The Balaban J connectivity index is 0. The van der Waals surface area contributed by atoms with Gasteiger partial charge in [0.05, 0.1) is 0 Å². The molecule has 1 rings (SSSR count). The summed E-state index contributed by atoms with van der Waals surface area (Å²) in [7, 11) is 0. The van der Waals surface area contributed by atoms with Gasteiger partial charge in [0.25, 0.3) is 0 Å². The van der Waals surface area contributed by atoms with Crippen molar-refractivity contribution in [2.45, 2.75) is 41.5 Å². The monoisotopic (exact) mass is 404 g/mol. The zero-order valence-corrected chi connectivity index (χ0v) is 19.2. The first-order valence-corrected chi connectivity index (χ1v) is 9.93. The molecule has 2 nitrogen and oxygen atoms in total. The van der Waals surface area contributed by atoms with Gasteiger partial charge in [0.1, 0.15) is 8.64 Å². The molecule has 1 aromatic rings. The minimum absolute atomic E-state index is 0.690. The van der Waals surface area contributed by atoms with Crippen LogP contribution in [0.25, 0.3) is 0 Å². The second kappa shape index (κ2) is 16.2. The van der Waals surface area contributed by atoms with Crippen LogP contribution >= 0.6 is 49.7 Å². The van der Waals surface area contributed by atoms with Gasteiger partial charge in [0, 0.05) is 26.2 Å². The van der Waals surface area contributed by atoms with Gasteiger partial charge in [-0.1, -0.05) is 59.8 Å². The van der Waals surface area contributed by atoms with Crippen molar-refractivity contribution >= 4 is 58.3 Å². The van der Waals surface area contributed by atoms with Gasteiger partial charge in [0.15, 0.2) is 0 Å². The molecule has 0 radical (unpaired) electrons. The van der Waals surface area contributed by atoms with Crippen molar-refractivity contribution < 1.29 is 0 Å². The highest BCUT2D eigenvalue weighted by molar-refractivity contribution is 8.11. The van der Waals surface area contributed by atoms with E-state index in [1.54, 1.807) is 0 Å². The number of hydrogen-bond acceptors (Lipinski definition) is 2. The van der Waals surface area contributed by atoms with Crippen LogP contribution in [0.1, 0.15) is 38.8 Å². The summed E-state index contributed by atoms with van der Waals surface area (Å²) in [6.07, 6.45) is 0.